The van der Waals surface area contributed by atoms with Gasteiger partial charge in [-0.25, -0.2) is 0 Å². The highest BCUT2D eigenvalue weighted by molar-refractivity contribution is 14.1. The van der Waals surface area contributed by atoms with Crippen LogP contribution in [0.15, 0.2) is 0 Å². The average Bonchev–Trinajstić information content (AvgIpc) is 2.16. The summed E-state index contributed by atoms with van der Waals surface area (Å²) in [5.41, 5.74) is 0. The molecule has 13 heavy (non-hydrogen) atoms. The number of rotatable bonds is 7. The molecule has 0 spiro atoms. The first kappa shape index (κ1) is 13.3. The smallest absolute Gasteiger partial charge is 0.00886 e. The second-order valence-corrected chi connectivity index (χ2v) is 4.39. The van der Waals surface area contributed by atoms with Gasteiger partial charge in [-0.1, -0.05) is 48.8 Å². The molecule has 0 heterocycles. The standard InChI is InChI=1S/C12H21I/c1-2-3-4-5-6-7-8-9-10-11-12-13/h2-4,7-12H2,1H3. The van der Waals surface area contributed by atoms with E-state index < -0.39 is 0 Å². The molecular formula is C12H21I. The molecule has 0 radical (unpaired) electrons. The van der Waals surface area contributed by atoms with Crippen LogP contribution in [0.4, 0.5) is 0 Å². The van der Waals surface area contributed by atoms with Gasteiger partial charge in [0.2, 0.25) is 0 Å². The lowest BCUT2D eigenvalue weighted by Gasteiger charge is -1.93. The lowest BCUT2D eigenvalue weighted by molar-refractivity contribution is 0.686. The lowest BCUT2D eigenvalue weighted by atomic mass is 10.1. The van der Waals surface area contributed by atoms with Gasteiger partial charge in [0.05, 0.1) is 0 Å². The fourth-order valence-electron chi connectivity index (χ4n) is 1.10. The van der Waals surface area contributed by atoms with Crippen LogP contribution in [0.25, 0.3) is 0 Å². The number of unbranched alkanes of at least 4 members (excludes halogenated alkanes) is 6. The van der Waals surface area contributed by atoms with Crippen LogP contribution in [0.2, 0.25) is 0 Å². The maximum absolute atomic E-state index is 3.25. The van der Waals surface area contributed by atoms with Crippen LogP contribution < -0.4 is 0 Å². The summed E-state index contributed by atoms with van der Waals surface area (Å²) in [5, 5.41) is 0. The minimum Gasteiger partial charge on any atom is -0.103 e. The molecule has 0 amide bonds. The van der Waals surface area contributed by atoms with Crippen LogP contribution in [-0.4, -0.2) is 4.43 Å². The van der Waals surface area contributed by atoms with Gasteiger partial charge < -0.3 is 0 Å². The molecule has 0 atom stereocenters. The Kier molecular flexibility index (Phi) is 12.6. The van der Waals surface area contributed by atoms with Crippen molar-refractivity contribution in [2.75, 3.05) is 4.43 Å². The lowest BCUT2D eigenvalue weighted by Crippen LogP contribution is -1.78. The minimum absolute atomic E-state index is 1.10. The van der Waals surface area contributed by atoms with Crippen LogP contribution in [0.3, 0.4) is 0 Å². The van der Waals surface area contributed by atoms with E-state index in [0.29, 0.717) is 0 Å². The Hall–Kier alpha value is 0.290. The zero-order valence-corrected chi connectivity index (χ0v) is 10.9. The van der Waals surface area contributed by atoms with Gasteiger partial charge in [0.1, 0.15) is 0 Å². The molecule has 76 valence electrons. The third-order valence-corrected chi connectivity index (χ3v) is 2.73. The van der Waals surface area contributed by atoms with Crippen molar-refractivity contribution in [2.45, 2.75) is 58.3 Å². The molecule has 0 saturated carbocycles. The van der Waals surface area contributed by atoms with E-state index in [1.807, 2.05) is 0 Å². The van der Waals surface area contributed by atoms with Gasteiger partial charge >= 0.3 is 0 Å². The fourth-order valence-corrected chi connectivity index (χ4v) is 1.64. The Morgan fingerprint density at radius 2 is 1.46 bits per heavy atom. The summed E-state index contributed by atoms with van der Waals surface area (Å²) in [6, 6.07) is 0. The summed E-state index contributed by atoms with van der Waals surface area (Å²) in [6.45, 7) is 2.21. The molecule has 0 aliphatic rings. The molecule has 0 N–H and O–H groups in total. The van der Waals surface area contributed by atoms with Gasteiger partial charge in [-0.05, 0) is 23.7 Å². The van der Waals surface area contributed by atoms with Crippen LogP contribution >= 0.6 is 22.6 Å². The maximum atomic E-state index is 3.25. The molecule has 0 aromatic carbocycles. The minimum atomic E-state index is 1.10. The van der Waals surface area contributed by atoms with Gasteiger partial charge in [0.15, 0.2) is 0 Å². The van der Waals surface area contributed by atoms with Crippen LogP contribution in [0.5, 0.6) is 0 Å². The van der Waals surface area contributed by atoms with Gasteiger partial charge in [0, 0.05) is 12.8 Å². The highest BCUT2D eigenvalue weighted by Crippen LogP contribution is 2.04. The molecule has 0 unspecified atom stereocenters. The maximum Gasteiger partial charge on any atom is 0.00886 e. The van der Waals surface area contributed by atoms with E-state index in [1.54, 1.807) is 0 Å². The van der Waals surface area contributed by atoms with Crippen LogP contribution in [0, 0.1) is 11.8 Å². The van der Waals surface area contributed by atoms with Crippen molar-refractivity contribution in [2.24, 2.45) is 0 Å². The highest BCUT2D eigenvalue weighted by atomic mass is 127. The molecule has 0 rings (SSSR count). The van der Waals surface area contributed by atoms with Crippen LogP contribution in [-0.2, 0) is 0 Å². The fraction of sp³-hybridized carbons (Fsp3) is 0.833. The monoisotopic (exact) mass is 292 g/mol. The summed E-state index contributed by atoms with van der Waals surface area (Å²) in [5.74, 6) is 6.47. The Morgan fingerprint density at radius 3 is 2.08 bits per heavy atom. The van der Waals surface area contributed by atoms with Crippen molar-refractivity contribution in [3.05, 3.63) is 0 Å². The largest absolute Gasteiger partial charge is 0.103 e. The Labute approximate surface area is 97.0 Å². The molecule has 0 aromatic heterocycles. The summed E-state index contributed by atoms with van der Waals surface area (Å²) < 4.78 is 1.31. The van der Waals surface area contributed by atoms with E-state index in [0.717, 1.165) is 12.8 Å². The summed E-state index contributed by atoms with van der Waals surface area (Å²) in [6.07, 6.45) is 10.2. The van der Waals surface area contributed by atoms with Crippen molar-refractivity contribution >= 4 is 22.6 Å². The van der Waals surface area contributed by atoms with Crippen molar-refractivity contribution in [3.8, 4) is 11.8 Å². The molecule has 0 bridgehead atoms. The molecule has 0 aromatic rings. The Balaban J connectivity index is 2.99. The predicted molar refractivity (Wildman–Crippen MR) is 69.3 cm³/mol. The van der Waals surface area contributed by atoms with E-state index in [9.17, 15) is 0 Å². The molecular weight excluding hydrogens is 271 g/mol. The summed E-state index contributed by atoms with van der Waals surface area (Å²) in [4.78, 5) is 0. The zero-order chi connectivity index (χ0) is 9.78. The molecule has 0 nitrogen and oxygen atoms in total. The van der Waals surface area contributed by atoms with E-state index >= 15 is 0 Å². The van der Waals surface area contributed by atoms with Crippen molar-refractivity contribution < 1.29 is 0 Å². The topological polar surface area (TPSA) is 0 Å². The first-order valence-corrected chi connectivity index (χ1v) is 6.96. The second-order valence-electron chi connectivity index (χ2n) is 3.31. The van der Waals surface area contributed by atoms with Crippen LogP contribution in [0.1, 0.15) is 58.3 Å². The van der Waals surface area contributed by atoms with E-state index in [2.05, 4.69) is 41.4 Å². The summed E-state index contributed by atoms with van der Waals surface area (Å²) >= 11 is 2.44. The normalized spacial score (nSPS) is 9.38. The average molecular weight is 292 g/mol. The second kappa shape index (κ2) is 12.3. The van der Waals surface area contributed by atoms with Crippen molar-refractivity contribution in [3.63, 3.8) is 0 Å². The first-order valence-electron chi connectivity index (χ1n) is 5.43. The first-order chi connectivity index (χ1) is 6.41. The van der Waals surface area contributed by atoms with Gasteiger partial charge in [-0.15, -0.1) is 11.8 Å². The Morgan fingerprint density at radius 1 is 0.846 bits per heavy atom. The van der Waals surface area contributed by atoms with E-state index in [1.165, 1.54) is 43.0 Å². The van der Waals surface area contributed by atoms with E-state index in [4.69, 9.17) is 0 Å². The van der Waals surface area contributed by atoms with Gasteiger partial charge in [-0.3, -0.25) is 0 Å². The van der Waals surface area contributed by atoms with E-state index in [-0.39, 0.29) is 0 Å². The van der Waals surface area contributed by atoms with Gasteiger partial charge in [-0.2, -0.15) is 0 Å². The quantitative estimate of drug-likeness (QED) is 0.279. The highest BCUT2D eigenvalue weighted by Gasteiger charge is 1.86. The number of alkyl halides is 1. The number of hydrogen-bond acceptors (Lipinski definition) is 0. The predicted octanol–water partition coefficient (Wildman–Crippen LogP) is 4.57. The molecule has 0 saturated heterocycles. The SMILES string of the molecule is CCCCC#CCCCCCCI. The number of hydrogen-bond donors (Lipinski definition) is 0. The zero-order valence-electron chi connectivity index (χ0n) is 8.74. The van der Waals surface area contributed by atoms with Crippen molar-refractivity contribution in [1.29, 1.82) is 0 Å². The molecule has 0 aliphatic heterocycles. The Bertz CT molecular complexity index is 141. The summed E-state index contributed by atoms with van der Waals surface area (Å²) in [7, 11) is 0. The number of halogens is 1. The molecule has 1 heteroatoms. The molecule has 0 aliphatic carbocycles. The molecule has 0 fully saturated rings. The third kappa shape index (κ3) is 12.3. The van der Waals surface area contributed by atoms with Crippen molar-refractivity contribution in [1.82, 2.24) is 0 Å². The third-order valence-electron chi connectivity index (χ3n) is 1.97. The van der Waals surface area contributed by atoms with Gasteiger partial charge in [0.25, 0.3) is 0 Å².